The summed E-state index contributed by atoms with van der Waals surface area (Å²) in [7, 11) is 0. The molecule has 0 radical (unpaired) electrons. The topological polar surface area (TPSA) is 58.0 Å². The van der Waals surface area contributed by atoms with Crippen molar-refractivity contribution in [3.05, 3.63) is 5.01 Å². The van der Waals surface area contributed by atoms with Gasteiger partial charge in [0.15, 0.2) is 0 Å². The second kappa shape index (κ2) is 4.65. The van der Waals surface area contributed by atoms with Crippen molar-refractivity contribution in [1.82, 2.24) is 10.2 Å². The van der Waals surface area contributed by atoms with Crippen LogP contribution < -0.4 is 5.32 Å². The number of nitrogens with one attached hydrogen (secondary N) is 1. The van der Waals surface area contributed by atoms with Gasteiger partial charge in [-0.3, -0.25) is 0 Å². The first-order valence-corrected chi connectivity index (χ1v) is 6.45. The van der Waals surface area contributed by atoms with Gasteiger partial charge in [-0.05, 0) is 12.8 Å². The first-order valence-electron chi connectivity index (χ1n) is 5.63. The highest BCUT2D eigenvalue weighted by Gasteiger charge is 2.40. The van der Waals surface area contributed by atoms with Crippen LogP contribution in [0.1, 0.15) is 31.2 Å². The van der Waals surface area contributed by atoms with E-state index in [-0.39, 0.29) is 23.2 Å². The number of alkyl halides is 3. The summed E-state index contributed by atoms with van der Waals surface area (Å²) in [4.78, 5) is 0. The third-order valence-corrected chi connectivity index (χ3v) is 4.31. The van der Waals surface area contributed by atoms with E-state index in [1.807, 2.05) is 6.92 Å². The van der Waals surface area contributed by atoms with Crippen molar-refractivity contribution in [3.8, 4) is 0 Å². The lowest BCUT2D eigenvalue weighted by Gasteiger charge is -2.29. The summed E-state index contributed by atoms with van der Waals surface area (Å²) in [6.07, 6.45) is -1.84. The number of anilines is 1. The fraction of sp³-hybridized carbons (Fsp3) is 0.800. The Morgan fingerprint density at radius 1 is 1.50 bits per heavy atom. The van der Waals surface area contributed by atoms with Crippen LogP contribution in [0.3, 0.4) is 0 Å². The average molecular weight is 281 g/mol. The number of aliphatic hydroxyl groups excluding tert-OH is 1. The molecular formula is C10H14F3N3OS. The molecule has 102 valence electrons. The zero-order chi connectivity index (χ0) is 13.4. The minimum absolute atomic E-state index is 0.00952. The van der Waals surface area contributed by atoms with Crippen molar-refractivity contribution in [2.45, 2.75) is 38.4 Å². The molecule has 2 rings (SSSR count). The molecule has 2 atom stereocenters. The number of hydrogen-bond donors (Lipinski definition) is 2. The Labute approximate surface area is 106 Å². The van der Waals surface area contributed by atoms with Crippen LogP contribution in [-0.2, 0) is 6.18 Å². The van der Waals surface area contributed by atoms with Crippen molar-refractivity contribution in [3.63, 3.8) is 0 Å². The van der Waals surface area contributed by atoms with Crippen molar-refractivity contribution in [2.24, 2.45) is 5.41 Å². The molecular weight excluding hydrogens is 267 g/mol. The predicted molar refractivity (Wildman–Crippen MR) is 61.4 cm³/mol. The summed E-state index contributed by atoms with van der Waals surface area (Å²) in [6.45, 7) is 1.93. The lowest BCUT2D eigenvalue weighted by Crippen LogP contribution is -2.36. The highest BCUT2D eigenvalue weighted by molar-refractivity contribution is 7.15. The van der Waals surface area contributed by atoms with Gasteiger partial charge in [0.05, 0.1) is 6.61 Å². The molecule has 2 N–H and O–H groups in total. The Morgan fingerprint density at radius 2 is 2.22 bits per heavy atom. The largest absolute Gasteiger partial charge is 0.445 e. The van der Waals surface area contributed by atoms with Crippen molar-refractivity contribution in [2.75, 3.05) is 11.9 Å². The Morgan fingerprint density at radius 3 is 2.78 bits per heavy atom. The zero-order valence-electron chi connectivity index (χ0n) is 9.79. The lowest BCUT2D eigenvalue weighted by molar-refractivity contribution is -0.138. The Kier molecular flexibility index (Phi) is 3.50. The summed E-state index contributed by atoms with van der Waals surface area (Å²) in [5.41, 5.74) is -0.302. The molecule has 1 aromatic rings. The van der Waals surface area contributed by atoms with E-state index in [2.05, 4.69) is 15.5 Å². The molecule has 0 bridgehead atoms. The molecule has 1 fully saturated rings. The van der Waals surface area contributed by atoms with E-state index in [1.54, 1.807) is 0 Å². The van der Waals surface area contributed by atoms with Gasteiger partial charge in [0.2, 0.25) is 10.1 Å². The number of aromatic nitrogens is 2. The van der Waals surface area contributed by atoms with Crippen molar-refractivity contribution in [1.29, 1.82) is 0 Å². The van der Waals surface area contributed by atoms with E-state index in [9.17, 15) is 18.3 Å². The van der Waals surface area contributed by atoms with Gasteiger partial charge in [-0.15, -0.1) is 10.2 Å². The van der Waals surface area contributed by atoms with Gasteiger partial charge in [-0.2, -0.15) is 13.2 Å². The molecule has 1 aliphatic carbocycles. The fourth-order valence-electron chi connectivity index (χ4n) is 2.21. The monoisotopic (exact) mass is 281 g/mol. The number of nitrogens with zero attached hydrogens (tertiary/aromatic N) is 2. The third-order valence-electron chi connectivity index (χ3n) is 3.41. The molecule has 4 nitrogen and oxygen atoms in total. The van der Waals surface area contributed by atoms with Gasteiger partial charge in [-0.1, -0.05) is 24.7 Å². The van der Waals surface area contributed by atoms with Gasteiger partial charge in [0, 0.05) is 11.5 Å². The summed E-state index contributed by atoms with van der Waals surface area (Å²) < 4.78 is 37.1. The minimum atomic E-state index is -4.45. The average Bonchev–Trinajstić information content (AvgIpc) is 2.87. The summed E-state index contributed by atoms with van der Waals surface area (Å²) in [5.74, 6) is 0. The van der Waals surface area contributed by atoms with Crippen molar-refractivity contribution >= 4 is 16.5 Å². The van der Waals surface area contributed by atoms with Crippen LogP contribution in [0.2, 0.25) is 0 Å². The zero-order valence-corrected chi connectivity index (χ0v) is 10.6. The number of rotatable bonds is 3. The maximum atomic E-state index is 12.4. The summed E-state index contributed by atoms with van der Waals surface area (Å²) in [5, 5.41) is 18.1. The molecule has 0 saturated heterocycles. The van der Waals surface area contributed by atoms with E-state index in [4.69, 9.17) is 0 Å². The van der Waals surface area contributed by atoms with Gasteiger partial charge in [0.1, 0.15) is 0 Å². The number of aliphatic hydroxyl groups is 1. The highest BCUT2D eigenvalue weighted by atomic mass is 32.1. The SMILES string of the molecule is C[C@@]1(CO)CCC[C@H]1Nc1nnc(C(F)(F)F)s1. The molecule has 1 aliphatic rings. The van der Waals surface area contributed by atoms with Crippen LogP contribution in [0.4, 0.5) is 18.3 Å². The molecule has 1 heterocycles. The molecule has 18 heavy (non-hydrogen) atoms. The van der Waals surface area contributed by atoms with Crippen LogP contribution in [0.15, 0.2) is 0 Å². The molecule has 0 unspecified atom stereocenters. The van der Waals surface area contributed by atoms with Gasteiger partial charge >= 0.3 is 6.18 Å². The standard InChI is InChI=1S/C10H14F3N3OS/c1-9(5-17)4-2-3-6(9)14-8-16-15-7(18-8)10(11,12)13/h6,17H,2-5H2,1H3,(H,14,16)/t6-,9+/m1/s1. The van der Waals surface area contributed by atoms with Crippen molar-refractivity contribution < 1.29 is 18.3 Å². The Balaban J connectivity index is 2.08. The summed E-state index contributed by atoms with van der Waals surface area (Å²) in [6, 6.07) is -0.0588. The maximum absolute atomic E-state index is 12.4. The lowest BCUT2D eigenvalue weighted by atomic mass is 9.86. The van der Waals surface area contributed by atoms with E-state index < -0.39 is 11.2 Å². The molecule has 0 spiro atoms. The molecule has 0 aromatic carbocycles. The van der Waals surface area contributed by atoms with Crippen LogP contribution >= 0.6 is 11.3 Å². The smallest absolute Gasteiger partial charge is 0.396 e. The highest BCUT2D eigenvalue weighted by Crippen LogP contribution is 2.40. The minimum Gasteiger partial charge on any atom is -0.396 e. The molecule has 0 amide bonds. The fourth-order valence-corrected chi connectivity index (χ4v) is 2.88. The predicted octanol–water partition coefficient (Wildman–Crippen LogP) is 2.52. The molecule has 0 aliphatic heterocycles. The van der Waals surface area contributed by atoms with Gasteiger partial charge in [0.25, 0.3) is 0 Å². The first-order chi connectivity index (χ1) is 8.35. The molecule has 1 aromatic heterocycles. The first kappa shape index (κ1) is 13.5. The third kappa shape index (κ3) is 2.59. The van der Waals surface area contributed by atoms with Crippen LogP contribution in [0.5, 0.6) is 0 Å². The van der Waals surface area contributed by atoms with Crippen LogP contribution in [0.25, 0.3) is 0 Å². The quantitative estimate of drug-likeness (QED) is 0.894. The van der Waals surface area contributed by atoms with E-state index >= 15 is 0 Å². The maximum Gasteiger partial charge on any atom is 0.445 e. The van der Waals surface area contributed by atoms with E-state index in [0.717, 1.165) is 19.3 Å². The number of hydrogen-bond acceptors (Lipinski definition) is 5. The number of halogens is 3. The normalized spacial score (nSPS) is 28.6. The Hall–Kier alpha value is -0.890. The Bertz CT molecular complexity index is 423. The van der Waals surface area contributed by atoms with Crippen LogP contribution in [0, 0.1) is 5.41 Å². The van der Waals surface area contributed by atoms with E-state index in [1.165, 1.54) is 0 Å². The summed E-state index contributed by atoms with van der Waals surface area (Å²) >= 11 is 0.498. The second-order valence-corrected chi connectivity index (χ2v) is 5.79. The van der Waals surface area contributed by atoms with Gasteiger partial charge < -0.3 is 10.4 Å². The second-order valence-electron chi connectivity index (χ2n) is 4.81. The molecule has 8 heteroatoms. The van der Waals surface area contributed by atoms with Crippen LogP contribution in [-0.4, -0.2) is 28.0 Å². The van der Waals surface area contributed by atoms with Gasteiger partial charge in [-0.25, -0.2) is 0 Å². The van der Waals surface area contributed by atoms with E-state index in [0.29, 0.717) is 11.3 Å². The molecule has 1 saturated carbocycles.